The van der Waals surface area contributed by atoms with Crippen LogP contribution in [0.5, 0.6) is 5.75 Å². The van der Waals surface area contributed by atoms with Gasteiger partial charge in [0.1, 0.15) is 0 Å². The highest BCUT2D eigenvalue weighted by Gasteiger charge is 2.03. The lowest BCUT2D eigenvalue weighted by atomic mass is 10.5. The summed E-state index contributed by atoms with van der Waals surface area (Å²) in [6, 6.07) is 1.77. The summed E-state index contributed by atoms with van der Waals surface area (Å²) in [6.07, 6.45) is 1.61. The van der Waals surface area contributed by atoms with Gasteiger partial charge in [0.2, 0.25) is 0 Å². The Balaban J connectivity index is 3.17. The lowest BCUT2D eigenvalue weighted by Gasteiger charge is -2.02. The van der Waals surface area contributed by atoms with Crippen molar-refractivity contribution in [1.29, 1.82) is 0 Å². The van der Waals surface area contributed by atoms with Gasteiger partial charge in [-0.25, -0.2) is 4.98 Å². The average Bonchev–Trinajstić information content (AvgIpc) is 1.88. The van der Waals surface area contributed by atoms with E-state index in [0.29, 0.717) is 10.9 Å². The number of ether oxygens (including phenoxy) is 1. The highest BCUT2D eigenvalue weighted by Crippen LogP contribution is 2.29. The SMILES string of the molecule is COc1c(Br)ccnc1Cl. The van der Waals surface area contributed by atoms with Gasteiger partial charge in [-0.15, -0.1) is 0 Å². The van der Waals surface area contributed by atoms with Crippen molar-refractivity contribution >= 4 is 27.5 Å². The van der Waals surface area contributed by atoms with E-state index >= 15 is 0 Å². The van der Waals surface area contributed by atoms with Gasteiger partial charge in [-0.3, -0.25) is 0 Å². The van der Waals surface area contributed by atoms with Gasteiger partial charge in [0.15, 0.2) is 10.9 Å². The zero-order chi connectivity index (χ0) is 7.56. The lowest BCUT2D eigenvalue weighted by Crippen LogP contribution is -1.86. The molecule has 0 unspecified atom stereocenters. The van der Waals surface area contributed by atoms with Crippen molar-refractivity contribution in [3.63, 3.8) is 0 Å². The van der Waals surface area contributed by atoms with E-state index in [4.69, 9.17) is 16.3 Å². The summed E-state index contributed by atoms with van der Waals surface area (Å²) < 4.78 is 5.75. The quantitative estimate of drug-likeness (QED) is 0.681. The molecule has 0 fully saturated rings. The topological polar surface area (TPSA) is 22.1 Å². The van der Waals surface area contributed by atoms with Crippen LogP contribution in [0.3, 0.4) is 0 Å². The zero-order valence-electron chi connectivity index (χ0n) is 5.27. The molecule has 1 heterocycles. The monoisotopic (exact) mass is 221 g/mol. The molecule has 1 aromatic heterocycles. The molecule has 0 N–H and O–H groups in total. The van der Waals surface area contributed by atoms with Gasteiger partial charge in [-0.2, -0.15) is 0 Å². The average molecular weight is 222 g/mol. The van der Waals surface area contributed by atoms with E-state index in [1.165, 1.54) is 0 Å². The van der Waals surface area contributed by atoms with Crippen LogP contribution in [-0.4, -0.2) is 12.1 Å². The number of rotatable bonds is 1. The largest absolute Gasteiger partial charge is 0.492 e. The minimum atomic E-state index is 0.372. The molecule has 0 spiro atoms. The van der Waals surface area contributed by atoms with E-state index in [-0.39, 0.29) is 0 Å². The van der Waals surface area contributed by atoms with Crippen LogP contribution in [0.15, 0.2) is 16.7 Å². The molecule has 0 aliphatic rings. The highest BCUT2D eigenvalue weighted by molar-refractivity contribution is 9.10. The first-order valence-electron chi connectivity index (χ1n) is 2.59. The number of methoxy groups -OCH3 is 1. The molecule has 1 aromatic rings. The third kappa shape index (κ3) is 1.41. The minimum absolute atomic E-state index is 0.372. The number of hydrogen-bond donors (Lipinski definition) is 0. The van der Waals surface area contributed by atoms with E-state index < -0.39 is 0 Å². The van der Waals surface area contributed by atoms with E-state index in [1.807, 2.05) is 0 Å². The molecule has 0 atom stereocenters. The standard InChI is InChI=1S/C6H5BrClNO/c1-10-5-4(7)2-3-9-6(5)8/h2-3H,1H3. The smallest absolute Gasteiger partial charge is 0.172 e. The normalized spacial score (nSPS) is 9.50. The van der Waals surface area contributed by atoms with Crippen LogP contribution in [0, 0.1) is 0 Å². The van der Waals surface area contributed by atoms with Gasteiger partial charge < -0.3 is 4.74 Å². The molecular formula is C6H5BrClNO. The summed E-state index contributed by atoms with van der Waals surface area (Å²) in [4.78, 5) is 3.82. The van der Waals surface area contributed by atoms with Gasteiger partial charge in [-0.05, 0) is 22.0 Å². The van der Waals surface area contributed by atoms with Crippen molar-refractivity contribution in [2.45, 2.75) is 0 Å². The number of nitrogens with zero attached hydrogens (tertiary/aromatic N) is 1. The Kier molecular flexibility index (Phi) is 2.51. The second-order valence-corrected chi connectivity index (χ2v) is 2.83. The first-order valence-corrected chi connectivity index (χ1v) is 3.77. The number of halogens is 2. The maximum atomic E-state index is 5.66. The summed E-state index contributed by atoms with van der Waals surface area (Å²) >= 11 is 8.92. The Hall–Kier alpha value is -0.280. The third-order valence-corrected chi connectivity index (χ3v) is 1.91. The van der Waals surface area contributed by atoms with Crippen LogP contribution in [-0.2, 0) is 0 Å². The molecule has 0 saturated heterocycles. The predicted molar refractivity (Wildman–Crippen MR) is 43.5 cm³/mol. The molecule has 54 valence electrons. The molecule has 0 amide bonds. The molecule has 0 saturated carbocycles. The summed E-state index contributed by atoms with van der Waals surface area (Å²) in [6.45, 7) is 0. The van der Waals surface area contributed by atoms with E-state index in [2.05, 4.69) is 20.9 Å². The number of aromatic nitrogens is 1. The molecule has 0 bridgehead atoms. The molecule has 10 heavy (non-hydrogen) atoms. The Morgan fingerprint density at radius 2 is 2.40 bits per heavy atom. The molecule has 4 heteroatoms. The Morgan fingerprint density at radius 3 is 2.80 bits per heavy atom. The first-order chi connectivity index (χ1) is 4.75. The summed E-state index contributed by atoms with van der Waals surface area (Å²) in [5.41, 5.74) is 0. The molecule has 1 rings (SSSR count). The van der Waals surface area contributed by atoms with Crippen LogP contribution in [0.25, 0.3) is 0 Å². The Bertz CT molecular complexity index is 221. The highest BCUT2D eigenvalue weighted by atomic mass is 79.9. The molecule has 0 radical (unpaired) electrons. The maximum absolute atomic E-state index is 5.66. The molecule has 0 aliphatic carbocycles. The fourth-order valence-corrected chi connectivity index (χ4v) is 1.40. The summed E-state index contributed by atoms with van der Waals surface area (Å²) in [7, 11) is 1.55. The van der Waals surface area contributed by atoms with Gasteiger partial charge in [0, 0.05) is 6.20 Å². The van der Waals surface area contributed by atoms with Crippen LogP contribution < -0.4 is 4.74 Å². The van der Waals surface area contributed by atoms with Gasteiger partial charge in [0.05, 0.1) is 11.6 Å². The molecule has 2 nitrogen and oxygen atoms in total. The first kappa shape index (κ1) is 7.82. The second-order valence-electron chi connectivity index (χ2n) is 1.62. The minimum Gasteiger partial charge on any atom is -0.492 e. The van der Waals surface area contributed by atoms with Gasteiger partial charge in [0.25, 0.3) is 0 Å². The zero-order valence-corrected chi connectivity index (χ0v) is 7.61. The number of pyridine rings is 1. The van der Waals surface area contributed by atoms with E-state index in [0.717, 1.165) is 4.47 Å². The Labute approximate surface area is 72.3 Å². The van der Waals surface area contributed by atoms with Crippen molar-refractivity contribution in [3.8, 4) is 5.75 Å². The molecular weight excluding hydrogens is 217 g/mol. The fraction of sp³-hybridized carbons (Fsp3) is 0.167. The van der Waals surface area contributed by atoms with Crippen LogP contribution >= 0.6 is 27.5 Å². The van der Waals surface area contributed by atoms with Crippen molar-refractivity contribution in [1.82, 2.24) is 4.98 Å². The lowest BCUT2D eigenvalue weighted by molar-refractivity contribution is 0.410. The maximum Gasteiger partial charge on any atom is 0.172 e. The van der Waals surface area contributed by atoms with Gasteiger partial charge >= 0.3 is 0 Å². The fourth-order valence-electron chi connectivity index (χ4n) is 0.583. The predicted octanol–water partition coefficient (Wildman–Crippen LogP) is 2.51. The summed E-state index contributed by atoms with van der Waals surface area (Å²) in [5, 5.41) is 0.372. The van der Waals surface area contributed by atoms with Crippen molar-refractivity contribution in [3.05, 3.63) is 21.9 Å². The van der Waals surface area contributed by atoms with E-state index in [9.17, 15) is 0 Å². The van der Waals surface area contributed by atoms with Gasteiger partial charge in [-0.1, -0.05) is 11.6 Å². The Morgan fingerprint density at radius 1 is 1.70 bits per heavy atom. The molecule has 0 aromatic carbocycles. The number of hydrogen-bond acceptors (Lipinski definition) is 2. The van der Waals surface area contributed by atoms with Crippen LogP contribution in [0.2, 0.25) is 5.15 Å². The second kappa shape index (κ2) is 3.21. The van der Waals surface area contributed by atoms with Crippen LogP contribution in [0.1, 0.15) is 0 Å². The van der Waals surface area contributed by atoms with Crippen LogP contribution in [0.4, 0.5) is 0 Å². The van der Waals surface area contributed by atoms with Crippen molar-refractivity contribution in [2.75, 3.05) is 7.11 Å². The van der Waals surface area contributed by atoms with Crippen molar-refractivity contribution < 1.29 is 4.74 Å². The summed E-state index contributed by atoms with van der Waals surface area (Å²) in [5.74, 6) is 0.573. The molecule has 0 aliphatic heterocycles. The third-order valence-electron chi connectivity index (χ3n) is 1.02. The van der Waals surface area contributed by atoms with Crippen molar-refractivity contribution in [2.24, 2.45) is 0 Å². The van der Waals surface area contributed by atoms with E-state index in [1.54, 1.807) is 19.4 Å².